The van der Waals surface area contributed by atoms with Gasteiger partial charge in [0.1, 0.15) is 0 Å². The average Bonchev–Trinajstić information content (AvgIpc) is 2.82. The molecule has 0 aromatic carbocycles. The zero-order valence-electron chi connectivity index (χ0n) is 11.9. The fraction of sp³-hybridized carbons (Fsp3) is 0.786. The van der Waals surface area contributed by atoms with E-state index in [0.29, 0.717) is 25.8 Å². The number of nitrogens with one attached hydrogen (secondary N) is 2. The van der Waals surface area contributed by atoms with Crippen molar-refractivity contribution >= 4 is 11.3 Å². The standard InChI is InChI=1S/C14H24N2O3S/c1-10-3-2-4-13(5-10)19-8-12(17)7-15-6-11-9-20-14(18)16-11/h9-10,12-13,15,17H,2-8H2,1H3,(H,16,18). The molecule has 1 aromatic rings. The Morgan fingerprint density at radius 1 is 1.60 bits per heavy atom. The Morgan fingerprint density at radius 2 is 2.45 bits per heavy atom. The molecule has 0 bridgehead atoms. The highest BCUT2D eigenvalue weighted by Crippen LogP contribution is 2.25. The van der Waals surface area contributed by atoms with Crippen molar-refractivity contribution in [2.45, 2.75) is 51.4 Å². The Hall–Kier alpha value is -0.690. The summed E-state index contributed by atoms with van der Waals surface area (Å²) < 4.78 is 5.78. The van der Waals surface area contributed by atoms with Crippen LogP contribution >= 0.6 is 11.3 Å². The third-order valence-corrected chi connectivity index (χ3v) is 4.40. The lowest BCUT2D eigenvalue weighted by molar-refractivity contribution is -0.0306. The summed E-state index contributed by atoms with van der Waals surface area (Å²) in [5.74, 6) is 0.736. The van der Waals surface area contributed by atoms with Crippen LogP contribution in [0.3, 0.4) is 0 Å². The van der Waals surface area contributed by atoms with E-state index >= 15 is 0 Å². The monoisotopic (exact) mass is 300 g/mol. The zero-order chi connectivity index (χ0) is 14.4. The summed E-state index contributed by atoms with van der Waals surface area (Å²) in [5.41, 5.74) is 0.856. The SMILES string of the molecule is CC1CCCC(OCC(O)CNCc2csc(=O)[nH]2)C1. The van der Waals surface area contributed by atoms with Crippen LogP contribution < -0.4 is 10.2 Å². The lowest BCUT2D eigenvalue weighted by Gasteiger charge is -2.27. The maximum absolute atomic E-state index is 11.0. The molecule has 2 rings (SSSR count). The van der Waals surface area contributed by atoms with Gasteiger partial charge in [-0.25, -0.2) is 0 Å². The number of aromatic amines is 1. The van der Waals surface area contributed by atoms with Crippen LogP contribution in [0, 0.1) is 5.92 Å². The van der Waals surface area contributed by atoms with Gasteiger partial charge in [-0.05, 0) is 18.8 Å². The normalized spacial score (nSPS) is 24.7. The third-order valence-electron chi connectivity index (χ3n) is 3.68. The van der Waals surface area contributed by atoms with Gasteiger partial charge < -0.3 is 20.1 Å². The van der Waals surface area contributed by atoms with Gasteiger partial charge in [0.2, 0.25) is 0 Å². The van der Waals surface area contributed by atoms with Crippen molar-refractivity contribution in [3.05, 3.63) is 20.7 Å². The summed E-state index contributed by atoms with van der Waals surface area (Å²) in [6, 6.07) is 0. The van der Waals surface area contributed by atoms with E-state index in [4.69, 9.17) is 4.74 Å². The minimum Gasteiger partial charge on any atom is -0.389 e. The molecule has 1 aromatic heterocycles. The third kappa shape index (κ3) is 5.36. The molecule has 20 heavy (non-hydrogen) atoms. The molecule has 0 aliphatic heterocycles. The number of rotatable bonds is 7. The number of aliphatic hydroxyl groups is 1. The predicted molar refractivity (Wildman–Crippen MR) is 80.0 cm³/mol. The highest BCUT2D eigenvalue weighted by molar-refractivity contribution is 7.07. The maximum atomic E-state index is 11.0. The number of hydrogen-bond acceptors (Lipinski definition) is 5. The molecule has 1 aliphatic carbocycles. The molecule has 6 heteroatoms. The van der Waals surface area contributed by atoms with Crippen molar-refractivity contribution in [1.82, 2.24) is 10.3 Å². The van der Waals surface area contributed by atoms with E-state index in [1.54, 1.807) is 5.38 Å². The van der Waals surface area contributed by atoms with E-state index in [-0.39, 0.29) is 4.87 Å². The van der Waals surface area contributed by atoms with Gasteiger partial charge in [-0.15, -0.1) is 0 Å². The highest BCUT2D eigenvalue weighted by atomic mass is 32.1. The Kier molecular flexibility index (Phi) is 6.22. The summed E-state index contributed by atoms with van der Waals surface area (Å²) in [6.07, 6.45) is 4.55. The van der Waals surface area contributed by atoms with Crippen LogP contribution in [0.1, 0.15) is 38.3 Å². The van der Waals surface area contributed by atoms with Crippen LogP contribution in [0.4, 0.5) is 0 Å². The van der Waals surface area contributed by atoms with Gasteiger partial charge in [0.15, 0.2) is 0 Å². The van der Waals surface area contributed by atoms with E-state index in [0.717, 1.165) is 35.8 Å². The first-order chi connectivity index (χ1) is 9.63. The number of H-pyrrole nitrogens is 1. The van der Waals surface area contributed by atoms with Gasteiger partial charge in [-0.2, -0.15) is 0 Å². The highest BCUT2D eigenvalue weighted by Gasteiger charge is 2.20. The molecule has 3 N–H and O–H groups in total. The van der Waals surface area contributed by atoms with Crippen molar-refractivity contribution in [3.63, 3.8) is 0 Å². The van der Waals surface area contributed by atoms with Crippen molar-refractivity contribution in [2.24, 2.45) is 5.92 Å². The summed E-state index contributed by atoms with van der Waals surface area (Å²) in [5, 5.41) is 14.8. The van der Waals surface area contributed by atoms with Crippen molar-refractivity contribution < 1.29 is 9.84 Å². The van der Waals surface area contributed by atoms with E-state index in [1.165, 1.54) is 12.8 Å². The Morgan fingerprint density at radius 3 is 3.15 bits per heavy atom. The number of ether oxygens (including phenoxy) is 1. The number of aromatic nitrogens is 1. The van der Waals surface area contributed by atoms with Gasteiger partial charge in [-0.1, -0.05) is 31.1 Å². The van der Waals surface area contributed by atoms with Crippen LogP contribution in [-0.4, -0.2) is 35.5 Å². The van der Waals surface area contributed by atoms with Crippen LogP contribution in [0.2, 0.25) is 0 Å². The van der Waals surface area contributed by atoms with Crippen molar-refractivity contribution in [2.75, 3.05) is 13.2 Å². The fourth-order valence-electron chi connectivity index (χ4n) is 2.61. The van der Waals surface area contributed by atoms with Crippen LogP contribution in [0.25, 0.3) is 0 Å². The predicted octanol–water partition coefficient (Wildman–Crippen LogP) is 1.48. The largest absolute Gasteiger partial charge is 0.389 e. The minimum absolute atomic E-state index is 0.0444. The topological polar surface area (TPSA) is 74.3 Å². The van der Waals surface area contributed by atoms with Gasteiger partial charge in [0, 0.05) is 24.2 Å². The fourth-order valence-corrected chi connectivity index (χ4v) is 3.19. The number of aliphatic hydroxyl groups excluding tert-OH is 1. The van der Waals surface area contributed by atoms with Crippen LogP contribution in [-0.2, 0) is 11.3 Å². The van der Waals surface area contributed by atoms with E-state index < -0.39 is 6.10 Å². The first-order valence-electron chi connectivity index (χ1n) is 7.30. The van der Waals surface area contributed by atoms with Crippen LogP contribution in [0.5, 0.6) is 0 Å². The second-order valence-electron chi connectivity index (χ2n) is 5.69. The minimum atomic E-state index is -0.502. The Bertz CT molecular complexity index is 446. The summed E-state index contributed by atoms with van der Waals surface area (Å²) in [4.78, 5) is 13.6. The first kappa shape index (κ1) is 15.7. The molecule has 0 amide bonds. The lowest BCUT2D eigenvalue weighted by atomic mass is 9.89. The van der Waals surface area contributed by atoms with E-state index in [9.17, 15) is 9.90 Å². The molecule has 1 saturated carbocycles. The number of thiazole rings is 1. The molecule has 3 unspecified atom stereocenters. The smallest absolute Gasteiger partial charge is 0.304 e. The second-order valence-corrected chi connectivity index (χ2v) is 6.53. The first-order valence-corrected chi connectivity index (χ1v) is 8.18. The molecule has 0 spiro atoms. The van der Waals surface area contributed by atoms with Gasteiger partial charge in [0.05, 0.1) is 18.8 Å². The summed E-state index contributed by atoms with van der Waals surface area (Å²) >= 11 is 1.15. The Labute approximate surface area is 123 Å². The lowest BCUT2D eigenvalue weighted by Crippen LogP contribution is -2.33. The molecule has 1 heterocycles. The summed E-state index contributed by atoms with van der Waals surface area (Å²) in [6.45, 7) is 3.68. The van der Waals surface area contributed by atoms with Crippen molar-refractivity contribution in [1.29, 1.82) is 0 Å². The molecular weight excluding hydrogens is 276 g/mol. The molecule has 5 nitrogen and oxygen atoms in total. The molecule has 0 radical (unpaired) electrons. The molecule has 3 atom stereocenters. The summed E-state index contributed by atoms with van der Waals surface area (Å²) in [7, 11) is 0. The van der Waals surface area contributed by atoms with Gasteiger partial charge >= 0.3 is 4.87 Å². The van der Waals surface area contributed by atoms with Gasteiger partial charge in [0.25, 0.3) is 0 Å². The molecular formula is C14H24N2O3S. The average molecular weight is 300 g/mol. The molecule has 1 aliphatic rings. The molecule has 114 valence electrons. The van der Waals surface area contributed by atoms with E-state index in [1.807, 2.05) is 0 Å². The van der Waals surface area contributed by atoms with Crippen molar-refractivity contribution in [3.8, 4) is 0 Å². The zero-order valence-corrected chi connectivity index (χ0v) is 12.7. The second kappa shape index (κ2) is 7.93. The quantitative estimate of drug-likeness (QED) is 0.713. The molecule has 1 fully saturated rings. The van der Waals surface area contributed by atoms with Crippen LogP contribution in [0.15, 0.2) is 10.2 Å². The molecule has 0 saturated heterocycles. The Balaban J connectivity index is 1.58. The van der Waals surface area contributed by atoms with E-state index in [2.05, 4.69) is 17.2 Å². The number of hydrogen-bond donors (Lipinski definition) is 3. The van der Waals surface area contributed by atoms with Gasteiger partial charge in [-0.3, -0.25) is 4.79 Å². The maximum Gasteiger partial charge on any atom is 0.304 e.